The molecule has 0 aliphatic carbocycles. The average molecular weight is 243 g/mol. The van der Waals surface area contributed by atoms with Crippen LogP contribution in [0.5, 0.6) is 0 Å². The molecular weight excluding hydrogens is 231 g/mol. The zero-order chi connectivity index (χ0) is 9.68. The molecule has 0 aliphatic heterocycles. The highest BCUT2D eigenvalue weighted by atomic mass is 79.9. The van der Waals surface area contributed by atoms with E-state index >= 15 is 0 Å². The van der Waals surface area contributed by atoms with E-state index in [0.29, 0.717) is 0 Å². The molecule has 0 nitrogen and oxygen atoms in total. The number of halogens is 2. The smallest absolute Gasteiger partial charge is 0.123 e. The number of hydrogen-bond donors (Lipinski definition) is 0. The lowest BCUT2D eigenvalue weighted by Gasteiger charge is -1.98. The predicted molar refractivity (Wildman–Crippen MR) is 58.2 cm³/mol. The molecule has 13 heavy (non-hydrogen) atoms. The molecule has 1 rings (SSSR count). The lowest BCUT2D eigenvalue weighted by atomic mass is 10.2. The van der Waals surface area contributed by atoms with Crippen LogP contribution in [0.1, 0.15) is 25.3 Å². The monoisotopic (exact) mass is 242 g/mol. The molecular formula is C11H12BrF. The van der Waals surface area contributed by atoms with Crippen molar-refractivity contribution in [2.24, 2.45) is 0 Å². The summed E-state index contributed by atoms with van der Waals surface area (Å²) in [6.07, 6.45) is 4.27. The number of allylic oxidation sites excluding steroid dienone is 1. The molecule has 0 N–H and O–H groups in total. The van der Waals surface area contributed by atoms with Gasteiger partial charge >= 0.3 is 0 Å². The van der Waals surface area contributed by atoms with E-state index in [-0.39, 0.29) is 5.82 Å². The zero-order valence-electron chi connectivity index (χ0n) is 7.56. The molecule has 0 saturated heterocycles. The second kappa shape index (κ2) is 5.18. The van der Waals surface area contributed by atoms with Crippen LogP contribution in [0.25, 0.3) is 4.48 Å². The third-order valence-electron chi connectivity index (χ3n) is 1.73. The van der Waals surface area contributed by atoms with Gasteiger partial charge in [0.15, 0.2) is 0 Å². The Balaban J connectivity index is 2.77. The van der Waals surface area contributed by atoms with Crippen molar-refractivity contribution in [2.75, 3.05) is 0 Å². The Morgan fingerprint density at radius 3 is 2.54 bits per heavy atom. The summed E-state index contributed by atoms with van der Waals surface area (Å²) in [5.74, 6) is -0.195. The first kappa shape index (κ1) is 10.5. The van der Waals surface area contributed by atoms with Gasteiger partial charge in [-0.2, -0.15) is 0 Å². The van der Waals surface area contributed by atoms with Gasteiger partial charge in [-0.15, -0.1) is 0 Å². The molecule has 0 aromatic heterocycles. The van der Waals surface area contributed by atoms with Gasteiger partial charge in [0, 0.05) is 4.48 Å². The van der Waals surface area contributed by atoms with Gasteiger partial charge in [-0.25, -0.2) is 4.39 Å². The third kappa shape index (κ3) is 3.31. The molecule has 0 unspecified atom stereocenters. The Morgan fingerprint density at radius 1 is 1.38 bits per heavy atom. The molecule has 1 aromatic carbocycles. The van der Waals surface area contributed by atoms with Crippen LogP contribution in [0.3, 0.4) is 0 Å². The van der Waals surface area contributed by atoms with Crippen LogP contribution >= 0.6 is 15.9 Å². The summed E-state index contributed by atoms with van der Waals surface area (Å²) >= 11 is 3.45. The highest BCUT2D eigenvalue weighted by Crippen LogP contribution is 2.21. The van der Waals surface area contributed by atoms with Crippen LogP contribution in [0.15, 0.2) is 30.3 Å². The van der Waals surface area contributed by atoms with Gasteiger partial charge in [-0.3, -0.25) is 0 Å². The quantitative estimate of drug-likeness (QED) is 0.739. The summed E-state index contributed by atoms with van der Waals surface area (Å²) in [5, 5.41) is 0. The van der Waals surface area contributed by atoms with E-state index in [4.69, 9.17) is 0 Å². The van der Waals surface area contributed by atoms with Crippen LogP contribution in [0, 0.1) is 5.82 Å². The van der Waals surface area contributed by atoms with Crippen molar-refractivity contribution < 1.29 is 4.39 Å². The second-order valence-electron chi connectivity index (χ2n) is 2.85. The van der Waals surface area contributed by atoms with E-state index in [1.807, 2.05) is 0 Å². The Morgan fingerprint density at radius 2 is 2.00 bits per heavy atom. The van der Waals surface area contributed by atoms with Crippen molar-refractivity contribution in [2.45, 2.75) is 19.8 Å². The maximum atomic E-state index is 12.6. The van der Waals surface area contributed by atoms with Crippen LogP contribution in [0.2, 0.25) is 0 Å². The molecule has 2 heteroatoms. The highest BCUT2D eigenvalue weighted by Gasteiger charge is 1.96. The Labute approximate surface area is 86.6 Å². The first-order valence-electron chi connectivity index (χ1n) is 4.35. The van der Waals surface area contributed by atoms with E-state index in [1.165, 1.54) is 12.1 Å². The summed E-state index contributed by atoms with van der Waals surface area (Å²) in [5.41, 5.74) is 1.02. The van der Waals surface area contributed by atoms with E-state index in [1.54, 1.807) is 12.1 Å². The minimum absolute atomic E-state index is 0.195. The van der Waals surface area contributed by atoms with Crippen molar-refractivity contribution >= 4 is 20.4 Å². The van der Waals surface area contributed by atoms with E-state index in [0.717, 1.165) is 22.9 Å². The van der Waals surface area contributed by atoms with Gasteiger partial charge in [-0.1, -0.05) is 47.5 Å². The van der Waals surface area contributed by atoms with E-state index in [2.05, 4.69) is 28.9 Å². The standard InChI is InChI=1S/C11H12BrF/c1-2-3-4-11(12)9-5-7-10(13)8-6-9/h4-8H,2-3H2,1H3. The molecule has 1 aromatic rings. The Kier molecular flexibility index (Phi) is 4.16. The normalized spacial score (nSPS) is 11.8. The molecule has 0 heterocycles. The van der Waals surface area contributed by atoms with Crippen LogP contribution < -0.4 is 0 Å². The van der Waals surface area contributed by atoms with Gasteiger partial charge in [0.1, 0.15) is 5.82 Å². The zero-order valence-corrected chi connectivity index (χ0v) is 9.14. The minimum atomic E-state index is -0.195. The summed E-state index contributed by atoms with van der Waals surface area (Å²) in [4.78, 5) is 0. The highest BCUT2D eigenvalue weighted by molar-refractivity contribution is 9.15. The first-order chi connectivity index (χ1) is 6.24. The van der Waals surface area contributed by atoms with Crippen molar-refractivity contribution in [1.29, 1.82) is 0 Å². The van der Waals surface area contributed by atoms with Gasteiger partial charge in [0.05, 0.1) is 0 Å². The molecule has 0 atom stereocenters. The molecule has 0 aliphatic rings. The molecule has 0 spiro atoms. The molecule has 0 saturated carbocycles. The van der Waals surface area contributed by atoms with E-state index < -0.39 is 0 Å². The average Bonchev–Trinajstić information content (AvgIpc) is 2.15. The third-order valence-corrected chi connectivity index (χ3v) is 2.51. The van der Waals surface area contributed by atoms with Crippen molar-refractivity contribution in [3.05, 3.63) is 41.7 Å². The largest absolute Gasteiger partial charge is 0.207 e. The van der Waals surface area contributed by atoms with Crippen LogP contribution in [-0.2, 0) is 0 Å². The summed E-state index contributed by atoms with van der Waals surface area (Å²) in [6.45, 7) is 2.13. The van der Waals surface area contributed by atoms with Gasteiger partial charge in [0.2, 0.25) is 0 Å². The summed E-state index contributed by atoms with van der Waals surface area (Å²) < 4.78 is 13.6. The number of unbranched alkanes of at least 4 members (excludes halogenated alkanes) is 1. The first-order valence-corrected chi connectivity index (χ1v) is 5.15. The van der Waals surface area contributed by atoms with Gasteiger partial charge in [0.25, 0.3) is 0 Å². The maximum absolute atomic E-state index is 12.6. The molecule has 0 radical (unpaired) electrons. The fraction of sp³-hybridized carbons (Fsp3) is 0.273. The van der Waals surface area contributed by atoms with Crippen molar-refractivity contribution in [3.63, 3.8) is 0 Å². The summed E-state index contributed by atoms with van der Waals surface area (Å²) in [6, 6.07) is 6.48. The lowest BCUT2D eigenvalue weighted by Crippen LogP contribution is -1.78. The fourth-order valence-electron chi connectivity index (χ4n) is 0.998. The molecule has 70 valence electrons. The van der Waals surface area contributed by atoms with Crippen LogP contribution in [0.4, 0.5) is 4.39 Å². The predicted octanol–water partition coefficient (Wildman–Crippen LogP) is 4.36. The molecule has 0 fully saturated rings. The molecule has 0 amide bonds. The molecule has 0 bridgehead atoms. The lowest BCUT2D eigenvalue weighted by molar-refractivity contribution is 0.627. The number of hydrogen-bond acceptors (Lipinski definition) is 0. The number of rotatable bonds is 3. The number of benzene rings is 1. The fourth-order valence-corrected chi connectivity index (χ4v) is 1.49. The van der Waals surface area contributed by atoms with E-state index in [9.17, 15) is 4.39 Å². The minimum Gasteiger partial charge on any atom is -0.207 e. The Bertz CT molecular complexity index is 287. The second-order valence-corrected chi connectivity index (χ2v) is 3.70. The Hall–Kier alpha value is -0.630. The van der Waals surface area contributed by atoms with Gasteiger partial charge < -0.3 is 0 Å². The SMILES string of the molecule is CCCC=C(Br)c1ccc(F)cc1. The maximum Gasteiger partial charge on any atom is 0.123 e. The van der Waals surface area contributed by atoms with Crippen molar-refractivity contribution in [3.8, 4) is 0 Å². The topological polar surface area (TPSA) is 0 Å². The van der Waals surface area contributed by atoms with Gasteiger partial charge in [-0.05, 0) is 24.1 Å². The summed E-state index contributed by atoms with van der Waals surface area (Å²) in [7, 11) is 0. The van der Waals surface area contributed by atoms with Crippen LogP contribution in [-0.4, -0.2) is 0 Å². The van der Waals surface area contributed by atoms with Crippen molar-refractivity contribution in [1.82, 2.24) is 0 Å².